The van der Waals surface area contributed by atoms with Crippen LogP contribution in [0.1, 0.15) is 73.4 Å². The van der Waals surface area contributed by atoms with E-state index in [1.807, 2.05) is 23.5 Å². The van der Waals surface area contributed by atoms with Crippen LogP contribution in [0.2, 0.25) is 0 Å². The Morgan fingerprint density at radius 3 is 1.23 bits per heavy atom. The summed E-state index contributed by atoms with van der Waals surface area (Å²) in [5.41, 5.74) is 35.5. The first-order valence-electron chi connectivity index (χ1n) is 33.8. The Morgan fingerprint density at radius 1 is 0.323 bits per heavy atom. The molecular formula is C85H65B3N2O4S2. The molecule has 0 saturated carbocycles. The third-order valence-corrected chi connectivity index (χ3v) is 24.9. The second kappa shape index (κ2) is 20.7. The highest BCUT2D eigenvalue weighted by Crippen LogP contribution is 2.57. The summed E-state index contributed by atoms with van der Waals surface area (Å²) >= 11 is 3.94. The van der Waals surface area contributed by atoms with Crippen molar-refractivity contribution in [3.05, 3.63) is 267 Å². The van der Waals surface area contributed by atoms with E-state index in [1.54, 1.807) is 0 Å². The third-order valence-electron chi connectivity index (χ3n) is 22.1. The molecule has 0 amide bonds. The first kappa shape index (κ1) is 56.7. The topological polar surface area (TPSA) is 43.4 Å². The fourth-order valence-corrected chi connectivity index (χ4v) is 21.3. The Bertz CT molecular complexity index is 5450. The zero-order valence-corrected chi connectivity index (χ0v) is 56.6. The lowest BCUT2D eigenvalue weighted by atomic mass is 9.30. The van der Waals surface area contributed by atoms with Gasteiger partial charge < -0.3 is 28.7 Å². The lowest BCUT2D eigenvalue weighted by molar-refractivity contribution is 0.218. The van der Waals surface area contributed by atoms with Crippen LogP contribution in [0, 0.1) is 62.3 Å². The largest absolute Gasteiger partial charge is 0.486 e. The molecule has 460 valence electrons. The van der Waals surface area contributed by atoms with Gasteiger partial charge in [-0.15, -0.1) is 23.5 Å². The van der Waals surface area contributed by atoms with Gasteiger partial charge in [-0.1, -0.05) is 157 Å². The minimum Gasteiger partial charge on any atom is -0.486 e. The molecule has 0 saturated heterocycles. The summed E-state index contributed by atoms with van der Waals surface area (Å²) in [4.78, 5) is 7.73. The van der Waals surface area contributed by atoms with Crippen molar-refractivity contribution in [3.63, 3.8) is 0 Å². The molecule has 0 fully saturated rings. The zero-order chi connectivity index (χ0) is 64.4. The van der Waals surface area contributed by atoms with Crippen molar-refractivity contribution in [3.8, 4) is 67.9 Å². The molecule has 0 radical (unpaired) electrons. The van der Waals surface area contributed by atoms with Crippen LogP contribution in [-0.2, 0) is 0 Å². The maximum atomic E-state index is 7.92. The molecule has 8 heterocycles. The second-order valence-corrected chi connectivity index (χ2v) is 30.6. The summed E-state index contributed by atoms with van der Waals surface area (Å²) in [6.07, 6.45) is -0.347. The summed E-state index contributed by atoms with van der Waals surface area (Å²) in [5.74, 6) is 5.28. The fourth-order valence-electron chi connectivity index (χ4n) is 18.3. The second-order valence-electron chi connectivity index (χ2n) is 28.1. The first-order chi connectivity index (χ1) is 46.8. The van der Waals surface area contributed by atoms with Gasteiger partial charge in [-0.3, -0.25) is 0 Å². The molecule has 96 heavy (non-hydrogen) atoms. The molecule has 0 aromatic heterocycles. The summed E-state index contributed by atoms with van der Waals surface area (Å²) in [6, 6.07) is 77.8. The maximum Gasteiger partial charge on any atom is 0.256 e. The molecule has 12 aromatic carbocycles. The summed E-state index contributed by atoms with van der Waals surface area (Å²) in [6.45, 7) is 19.8. The number of rotatable bonds is 5. The van der Waals surface area contributed by atoms with Crippen LogP contribution in [0.25, 0.3) is 33.4 Å². The lowest BCUT2D eigenvalue weighted by Crippen LogP contribution is -2.65. The first-order valence-corrected chi connectivity index (χ1v) is 35.6. The van der Waals surface area contributed by atoms with Crippen LogP contribution in [0.3, 0.4) is 0 Å². The molecule has 4 atom stereocenters. The van der Waals surface area contributed by atoms with Gasteiger partial charge in [0.1, 0.15) is 46.7 Å². The predicted molar refractivity (Wildman–Crippen MR) is 401 cm³/mol. The summed E-state index contributed by atoms with van der Waals surface area (Å²) in [5, 5.41) is 0.0882. The average Bonchev–Trinajstić information content (AvgIpc) is 0.970. The molecule has 11 heteroatoms. The van der Waals surface area contributed by atoms with E-state index >= 15 is 0 Å². The number of hydrogen-bond acceptors (Lipinski definition) is 8. The highest BCUT2D eigenvalue weighted by molar-refractivity contribution is 8.02. The van der Waals surface area contributed by atoms with Gasteiger partial charge in [0.05, 0.1) is 11.4 Å². The normalized spacial score (nSPS) is 17.8. The van der Waals surface area contributed by atoms with Crippen molar-refractivity contribution >= 4 is 116 Å². The fraction of sp³-hybridized carbons (Fsp3) is 0.153. The molecule has 0 bridgehead atoms. The Labute approximate surface area is 570 Å². The van der Waals surface area contributed by atoms with Crippen LogP contribution in [0.5, 0.6) is 34.5 Å². The Hall–Kier alpha value is -9.67. The minimum atomic E-state index is -0.268. The van der Waals surface area contributed by atoms with Crippen LogP contribution >= 0.6 is 23.5 Å². The molecule has 0 spiro atoms. The Kier molecular flexibility index (Phi) is 12.2. The SMILES string of the molecule is Cc1cc(C)c(N2c3cc4c(cc3B3c5cc6c(cc5Oc5cc(-c7ccccc7C)cc2c53)N(c2c(C)cc(C)cc2C)c2cc(-c3ccccc3C)cc3c2B6C2Sc5ccccc5C2O3)B2c3c(cc(-c5ccccc5C)cc3OC3c5ccccc5SC23)O4)c(C)c1. The van der Waals surface area contributed by atoms with Crippen LogP contribution in [-0.4, -0.2) is 30.4 Å². The van der Waals surface area contributed by atoms with Crippen LogP contribution < -0.4 is 67.0 Å². The zero-order valence-electron chi connectivity index (χ0n) is 55.0. The van der Waals surface area contributed by atoms with Crippen molar-refractivity contribution in [1.29, 1.82) is 0 Å². The number of thioether (sulfide) groups is 2. The van der Waals surface area contributed by atoms with Crippen molar-refractivity contribution in [2.45, 2.75) is 94.6 Å². The summed E-state index contributed by atoms with van der Waals surface area (Å²) in [7, 11) is 0. The van der Waals surface area contributed by atoms with Crippen LogP contribution in [0.15, 0.2) is 216 Å². The average molecular weight is 1280 g/mol. The van der Waals surface area contributed by atoms with Gasteiger partial charge in [0.2, 0.25) is 13.4 Å². The van der Waals surface area contributed by atoms with Gasteiger partial charge in [-0.2, -0.15) is 0 Å². The number of aryl methyl sites for hydroxylation is 9. The standard InChI is InChI=1S/C85H65B3N2O4S2/c1-44-30-49(6)80(50(7)31-44)89-65-42-70-64(88-79-73(92-70)38-55(58-25-15-12-22-48(58)5)39-74(79)94-83-60-27-17-19-29-76(60)96-85(83)88)40-61(65)86-63-41-62-66(43-69(63)91-71-36-53(34-67(89)77(71)86)56-23-13-10-20-46(56)3)90(81-51(8)32-45(2)33-52(81)9)68-35-54(57-24-14-11-21-47(57)4)37-72-78(68)87(62)84-82(93-72)59-26-16-18-28-75(59)95-84/h10-43,82-85H,1-9H3. The highest BCUT2D eigenvalue weighted by atomic mass is 32.2. The molecular weight excluding hydrogens is 1210 g/mol. The molecule has 20 rings (SSSR count). The molecule has 0 N–H and O–H groups in total. The number of hydrogen-bond donors (Lipinski definition) is 0. The number of nitrogens with zero attached hydrogens (tertiary/aromatic N) is 2. The third kappa shape index (κ3) is 8.07. The van der Waals surface area contributed by atoms with E-state index in [9.17, 15) is 0 Å². The van der Waals surface area contributed by atoms with Gasteiger partial charge in [0, 0.05) is 71.6 Å². The summed E-state index contributed by atoms with van der Waals surface area (Å²) < 4.78 is 30.6. The number of fused-ring (bicyclic) bond motifs is 16. The molecule has 8 aliphatic rings. The minimum absolute atomic E-state index is 0.0435. The molecule has 0 aliphatic carbocycles. The van der Waals surface area contributed by atoms with Crippen molar-refractivity contribution < 1.29 is 18.9 Å². The molecule has 12 aromatic rings. The van der Waals surface area contributed by atoms with E-state index in [-0.39, 0.29) is 42.6 Å². The maximum absolute atomic E-state index is 7.92. The highest BCUT2D eigenvalue weighted by Gasteiger charge is 2.56. The molecule has 6 nitrogen and oxygen atoms in total. The number of anilines is 6. The van der Waals surface area contributed by atoms with E-state index in [0.717, 1.165) is 96.0 Å². The van der Waals surface area contributed by atoms with Gasteiger partial charge >= 0.3 is 0 Å². The van der Waals surface area contributed by atoms with Crippen molar-refractivity contribution in [2.75, 3.05) is 9.80 Å². The molecule has 4 unspecified atom stereocenters. The Morgan fingerprint density at radius 2 is 0.719 bits per heavy atom. The van der Waals surface area contributed by atoms with Gasteiger partial charge in [0.15, 0.2) is 0 Å². The smallest absolute Gasteiger partial charge is 0.256 e. The van der Waals surface area contributed by atoms with E-state index in [2.05, 4.69) is 278 Å². The number of ether oxygens (including phenoxy) is 4. The van der Waals surface area contributed by atoms with Crippen molar-refractivity contribution in [1.82, 2.24) is 0 Å². The van der Waals surface area contributed by atoms with E-state index in [0.29, 0.717) is 0 Å². The monoisotopic (exact) mass is 1270 g/mol. The van der Waals surface area contributed by atoms with Crippen LogP contribution in [0.4, 0.5) is 34.1 Å². The predicted octanol–water partition coefficient (Wildman–Crippen LogP) is 17.3. The van der Waals surface area contributed by atoms with E-state index in [1.165, 1.54) is 115 Å². The molecule has 8 aliphatic heterocycles. The van der Waals surface area contributed by atoms with E-state index in [4.69, 9.17) is 18.9 Å². The van der Waals surface area contributed by atoms with Crippen molar-refractivity contribution in [2.24, 2.45) is 0 Å². The van der Waals surface area contributed by atoms with Gasteiger partial charge in [-0.05, 0) is 216 Å². The Balaban J connectivity index is 0.883. The quantitative estimate of drug-likeness (QED) is 0.158. The number of benzene rings is 12. The van der Waals surface area contributed by atoms with E-state index < -0.39 is 0 Å². The van der Waals surface area contributed by atoms with Gasteiger partial charge in [-0.25, -0.2) is 0 Å². The van der Waals surface area contributed by atoms with Gasteiger partial charge in [0.25, 0.3) is 6.71 Å². The lowest BCUT2D eigenvalue weighted by Gasteiger charge is -2.46.